The number of benzene rings is 1. The maximum absolute atomic E-state index is 11.8. The van der Waals surface area contributed by atoms with Gasteiger partial charge in [-0.2, -0.15) is 5.10 Å². The van der Waals surface area contributed by atoms with E-state index in [4.69, 9.17) is 16.3 Å². The summed E-state index contributed by atoms with van der Waals surface area (Å²) < 4.78 is 6.93. The third-order valence-corrected chi connectivity index (χ3v) is 4.86. The molecular formula is C21H26N2O2. The van der Waals surface area contributed by atoms with E-state index in [0.717, 1.165) is 31.3 Å². The molecule has 0 saturated heterocycles. The van der Waals surface area contributed by atoms with Crippen LogP contribution in [0.25, 0.3) is 10.9 Å². The van der Waals surface area contributed by atoms with Crippen LogP contribution in [0.1, 0.15) is 73.3 Å². The van der Waals surface area contributed by atoms with Gasteiger partial charge in [0, 0.05) is 24.3 Å². The van der Waals surface area contributed by atoms with Gasteiger partial charge in [0.05, 0.1) is 23.9 Å². The monoisotopic (exact) mass is 338 g/mol. The second-order valence-corrected chi connectivity index (χ2v) is 6.83. The van der Waals surface area contributed by atoms with Crippen LogP contribution in [-0.2, 0) is 11.3 Å². The second-order valence-electron chi connectivity index (χ2n) is 6.83. The molecule has 0 spiro atoms. The molecule has 0 unspecified atom stereocenters. The first kappa shape index (κ1) is 17.5. The number of ether oxygens (including phenoxy) is 1. The number of aromatic nitrogens is 2. The van der Waals surface area contributed by atoms with Crippen molar-refractivity contribution >= 4 is 16.9 Å². The molecule has 0 N–H and O–H groups in total. The van der Waals surface area contributed by atoms with E-state index in [1.807, 2.05) is 18.2 Å². The van der Waals surface area contributed by atoms with Gasteiger partial charge in [0.15, 0.2) is 0 Å². The molecule has 0 aliphatic heterocycles. The Bertz CT molecular complexity index is 781. The highest BCUT2D eigenvalue weighted by Crippen LogP contribution is 2.42. The van der Waals surface area contributed by atoms with Crippen molar-refractivity contribution in [1.82, 2.24) is 9.78 Å². The normalized spacial score (nSPS) is 13.8. The van der Waals surface area contributed by atoms with Crippen molar-refractivity contribution in [2.24, 2.45) is 0 Å². The zero-order valence-electron chi connectivity index (χ0n) is 15.0. The van der Waals surface area contributed by atoms with Gasteiger partial charge in [-0.1, -0.05) is 25.3 Å². The van der Waals surface area contributed by atoms with Crippen LogP contribution in [0, 0.1) is 12.3 Å². The van der Waals surface area contributed by atoms with Crippen LogP contribution in [0.3, 0.4) is 0 Å². The average molecular weight is 338 g/mol. The number of carbonyl (C=O) groups is 1. The Balaban J connectivity index is 1.70. The molecule has 4 heteroatoms. The van der Waals surface area contributed by atoms with E-state index in [-0.39, 0.29) is 5.97 Å². The number of fused-ring (bicyclic) bond motifs is 1. The molecule has 1 saturated carbocycles. The zero-order valence-corrected chi connectivity index (χ0v) is 15.0. The number of esters is 1. The van der Waals surface area contributed by atoms with Crippen LogP contribution >= 0.6 is 0 Å². The molecule has 4 nitrogen and oxygen atoms in total. The maximum Gasteiger partial charge on any atom is 0.337 e. The number of hydrogen-bond acceptors (Lipinski definition) is 3. The van der Waals surface area contributed by atoms with Crippen LogP contribution in [-0.4, -0.2) is 22.9 Å². The van der Waals surface area contributed by atoms with Gasteiger partial charge < -0.3 is 4.74 Å². The maximum atomic E-state index is 11.8. The smallest absolute Gasteiger partial charge is 0.337 e. The van der Waals surface area contributed by atoms with Gasteiger partial charge in [0.25, 0.3) is 0 Å². The van der Waals surface area contributed by atoms with Crippen molar-refractivity contribution in [3.05, 3.63) is 29.5 Å². The number of unbranched alkanes of at least 4 members (excludes halogenated alkanes) is 5. The van der Waals surface area contributed by atoms with Gasteiger partial charge in [0.1, 0.15) is 0 Å². The van der Waals surface area contributed by atoms with Crippen molar-refractivity contribution in [3.8, 4) is 12.3 Å². The fourth-order valence-corrected chi connectivity index (χ4v) is 3.29. The Hall–Kier alpha value is -2.28. The lowest BCUT2D eigenvalue weighted by atomic mass is 10.1. The van der Waals surface area contributed by atoms with E-state index < -0.39 is 0 Å². The molecule has 0 radical (unpaired) electrons. The number of carbonyl (C=O) groups excluding carboxylic acids is 1. The minimum atomic E-state index is -0.295. The van der Waals surface area contributed by atoms with Crippen molar-refractivity contribution in [2.75, 3.05) is 7.11 Å². The molecule has 132 valence electrons. The first-order valence-corrected chi connectivity index (χ1v) is 9.27. The molecular weight excluding hydrogens is 312 g/mol. The first-order valence-electron chi connectivity index (χ1n) is 9.27. The number of methoxy groups -OCH3 is 1. The van der Waals surface area contributed by atoms with Gasteiger partial charge >= 0.3 is 5.97 Å². The van der Waals surface area contributed by atoms with Gasteiger partial charge in [-0.15, -0.1) is 12.3 Å². The fourth-order valence-electron chi connectivity index (χ4n) is 3.29. The highest BCUT2D eigenvalue weighted by atomic mass is 16.5. The molecule has 2 aromatic rings. The van der Waals surface area contributed by atoms with E-state index in [9.17, 15) is 4.79 Å². The van der Waals surface area contributed by atoms with Gasteiger partial charge in [-0.3, -0.25) is 4.68 Å². The van der Waals surface area contributed by atoms with E-state index in [2.05, 4.69) is 10.6 Å². The fraction of sp³-hybridized carbons (Fsp3) is 0.524. The number of terminal acetylenes is 1. The minimum Gasteiger partial charge on any atom is -0.465 e. The van der Waals surface area contributed by atoms with Crippen LogP contribution in [0.2, 0.25) is 0 Å². The zero-order chi connectivity index (χ0) is 17.6. The van der Waals surface area contributed by atoms with Gasteiger partial charge in [0.2, 0.25) is 0 Å². The summed E-state index contributed by atoms with van der Waals surface area (Å²) in [4.78, 5) is 11.8. The number of rotatable bonds is 9. The van der Waals surface area contributed by atoms with Crippen LogP contribution in [0.4, 0.5) is 0 Å². The molecule has 0 bridgehead atoms. The predicted octanol–water partition coefficient (Wildman–Crippen LogP) is 4.67. The number of hydrogen-bond donors (Lipinski definition) is 0. The lowest BCUT2D eigenvalue weighted by Crippen LogP contribution is -2.03. The predicted molar refractivity (Wildman–Crippen MR) is 99.6 cm³/mol. The summed E-state index contributed by atoms with van der Waals surface area (Å²) in [5, 5.41) is 6.05. The quantitative estimate of drug-likeness (QED) is 0.379. The highest BCUT2D eigenvalue weighted by molar-refractivity contribution is 5.95. The molecule has 25 heavy (non-hydrogen) atoms. The summed E-state index contributed by atoms with van der Waals surface area (Å²) >= 11 is 0. The minimum absolute atomic E-state index is 0.295. The molecule has 3 rings (SSSR count). The van der Waals surface area contributed by atoms with E-state index in [1.54, 1.807) is 0 Å². The third-order valence-electron chi connectivity index (χ3n) is 4.86. The van der Waals surface area contributed by atoms with Crippen LogP contribution in [0.15, 0.2) is 18.2 Å². The summed E-state index contributed by atoms with van der Waals surface area (Å²) in [5.41, 5.74) is 2.84. The Morgan fingerprint density at radius 2 is 2.04 bits per heavy atom. The van der Waals surface area contributed by atoms with Gasteiger partial charge in [-0.25, -0.2) is 4.79 Å². The highest BCUT2D eigenvalue weighted by Gasteiger charge is 2.29. The topological polar surface area (TPSA) is 44.1 Å². The lowest BCUT2D eigenvalue weighted by Gasteiger charge is -2.05. The Morgan fingerprint density at radius 3 is 2.76 bits per heavy atom. The van der Waals surface area contributed by atoms with Crippen LogP contribution < -0.4 is 0 Å². The molecule has 1 aliphatic carbocycles. The lowest BCUT2D eigenvalue weighted by molar-refractivity contribution is 0.0601. The molecule has 1 aromatic carbocycles. The first-order chi connectivity index (χ1) is 12.2. The van der Waals surface area contributed by atoms with Crippen LogP contribution in [0.5, 0.6) is 0 Å². The summed E-state index contributed by atoms with van der Waals surface area (Å²) in [6, 6.07) is 5.79. The molecule has 1 heterocycles. The number of nitrogens with zero attached hydrogens (tertiary/aromatic N) is 2. The van der Waals surface area contributed by atoms with E-state index in [1.165, 1.54) is 50.3 Å². The summed E-state index contributed by atoms with van der Waals surface area (Å²) in [7, 11) is 1.42. The summed E-state index contributed by atoms with van der Waals surface area (Å²) in [6.45, 7) is 0.892. The Morgan fingerprint density at radius 1 is 1.28 bits per heavy atom. The molecule has 1 aliphatic rings. The summed E-state index contributed by atoms with van der Waals surface area (Å²) in [6.07, 6.45) is 14.4. The molecule has 0 atom stereocenters. The van der Waals surface area contributed by atoms with Gasteiger partial charge in [-0.05, 0) is 37.8 Å². The Labute approximate surface area is 149 Å². The standard InChI is InChI=1S/C21H26N2O2/c1-3-4-5-6-7-8-9-14-23-19-15-17(21(24)25-2)12-13-18(19)20(22-23)16-10-11-16/h1,12-13,15-16H,4-11,14H2,2H3. The Kier molecular flexibility index (Phi) is 5.75. The summed E-state index contributed by atoms with van der Waals surface area (Å²) in [5.74, 6) is 2.99. The largest absolute Gasteiger partial charge is 0.465 e. The van der Waals surface area contributed by atoms with Crippen molar-refractivity contribution in [2.45, 2.75) is 63.8 Å². The van der Waals surface area contributed by atoms with Crippen molar-refractivity contribution in [3.63, 3.8) is 0 Å². The average Bonchev–Trinajstić information content (AvgIpc) is 3.42. The second kappa shape index (κ2) is 8.20. The van der Waals surface area contributed by atoms with Crippen molar-refractivity contribution in [1.29, 1.82) is 0 Å². The molecule has 1 aromatic heterocycles. The SMILES string of the molecule is C#CCCCCCCCn1nc(C2CC2)c2ccc(C(=O)OC)cc21. The molecule has 1 fully saturated rings. The number of aryl methyl sites for hydroxylation is 1. The van der Waals surface area contributed by atoms with E-state index in [0.29, 0.717) is 11.5 Å². The van der Waals surface area contributed by atoms with Crippen molar-refractivity contribution < 1.29 is 9.53 Å². The molecule has 0 amide bonds. The third kappa shape index (κ3) is 4.22. The van der Waals surface area contributed by atoms with E-state index >= 15 is 0 Å².